The summed E-state index contributed by atoms with van der Waals surface area (Å²) in [4.78, 5) is 35.1. The number of halogens is 1. The summed E-state index contributed by atoms with van der Waals surface area (Å²) in [6.45, 7) is 8.61. The van der Waals surface area contributed by atoms with Crippen molar-refractivity contribution < 1.29 is 8.42 Å². The molecule has 0 unspecified atom stereocenters. The summed E-state index contributed by atoms with van der Waals surface area (Å²) in [5.74, 6) is 0.346. The van der Waals surface area contributed by atoms with Gasteiger partial charge in [0.05, 0.1) is 4.90 Å². The predicted molar refractivity (Wildman–Crippen MR) is 136 cm³/mol. The van der Waals surface area contributed by atoms with E-state index in [1.54, 1.807) is 18.2 Å². The van der Waals surface area contributed by atoms with Crippen molar-refractivity contribution in [3.8, 4) is 11.4 Å². The Morgan fingerprint density at radius 3 is 2.29 bits per heavy atom. The van der Waals surface area contributed by atoms with E-state index in [1.165, 1.54) is 22.8 Å². The number of benzene rings is 1. The van der Waals surface area contributed by atoms with Crippen LogP contribution in [-0.4, -0.2) is 59.6 Å². The maximum absolute atomic E-state index is 12.8. The number of aromatic nitrogens is 4. The van der Waals surface area contributed by atoms with Crippen LogP contribution in [0.2, 0.25) is 0 Å². The van der Waals surface area contributed by atoms with Gasteiger partial charge in [-0.3, -0.25) is 13.9 Å². The fourth-order valence-electron chi connectivity index (χ4n) is 3.36. The normalized spacial score (nSPS) is 11.5. The van der Waals surface area contributed by atoms with Crippen molar-refractivity contribution in [3.05, 3.63) is 70.4 Å². The zero-order valence-corrected chi connectivity index (χ0v) is 20.8. The lowest BCUT2D eigenvalue weighted by Crippen LogP contribution is -2.39. The quantitative estimate of drug-likeness (QED) is 0.299. The lowest BCUT2D eigenvalue weighted by molar-refractivity contribution is 0.400. The fraction of sp³-hybridized carbons (Fsp3) is 0.318. The van der Waals surface area contributed by atoms with Crippen LogP contribution < -0.4 is 16.0 Å². The number of aromatic amines is 1. The highest BCUT2D eigenvalue weighted by Crippen LogP contribution is 2.20. The average molecular weight is 509 g/mol. The third-order valence-electron chi connectivity index (χ3n) is 5.00. The van der Waals surface area contributed by atoms with E-state index < -0.39 is 21.3 Å². The zero-order valence-electron chi connectivity index (χ0n) is 19.2. The van der Waals surface area contributed by atoms with Gasteiger partial charge in [0.25, 0.3) is 5.56 Å². The summed E-state index contributed by atoms with van der Waals surface area (Å²) in [6.07, 6.45) is 3.71. The van der Waals surface area contributed by atoms with Crippen molar-refractivity contribution in [2.45, 2.75) is 24.4 Å². The van der Waals surface area contributed by atoms with Crippen molar-refractivity contribution in [3.63, 3.8) is 0 Å². The molecule has 0 aliphatic rings. The minimum Gasteiger partial charge on any atom is -0.332 e. The van der Waals surface area contributed by atoms with E-state index in [9.17, 15) is 18.0 Å². The molecule has 12 heteroatoms. The molecule has 0 saturated carbocycles. The van der Waals surface area contributed by atoms with Gasteiger partial charge in [0.2, 0.25) is 10.0 Å². The third-order valence-corrected chi connectivity index (χ3v) is 6.47. The van der Waals surface area contributed by atoms with Gasteiger partial charge in [-0.15, -0.1) is 25.6 Å². The van der Waals surface area contributed by atoms with Crippen LogP contribution in [0.15, 0.2) is 64.1 Å². The van der Waals surface area contributed by atoms with Crippen molar-refractivity contribution in [2.75, 3.05) is 27.2 Å². The zero-order chi connectivity index (χ0) is 24.2. The van der Waals surface area contributed by atoms with Gasteiger partial charge in [-0.05, 0) is 51.3 Å². The number of H-pyrrole nitrogens is 1. The SMILES string of the molecule is C=CCn1c(=O)c2[nH]c(-c3ccc(S(=O)(=O)NCCCN(C)C)cc3)nc2n(CC=C)c1=O.Cl. The first-order valence-corrected chi connectivity index (χ1v) is 11.9. The number of fused-ring (bicyclic) bond motifs is 1. The maximum atomic E-state index is 12.8. The lowest BCUT2D eigenvalue weighted by Gasteiger charge is -2.10. The number of hydrogen-bond acceptors (Lipinski definition) is 6. The molecule has 184 valence electrons. The monoisotopic (exact) mass is 508 g/mol. The molecule has 0 aliphatic heterocycles. The van der Waals surface area contributed by atoms with Crippen LogP contribution in [0, 0.1) is 0 Å². The molecule has 0 bridgehead atoms. The van der Waals surface area contributed by atoms with Gasteiger partial charge in [-0.25, -0.2) is 22.9 Å². The third kappa shape index (κ3) is 5.73. The Balaban J connectivity index is 0.00000408. The van der Waals surface area contributed by atoms with E-state index in [0.29, 0.717) is 24.4 Å². The van der Waals surface area contributed by atoms with Crippen molar-refractivity contribution in [2.24, 2.45) is 0 Å². The smallest absolute Gasteiger partial charge is 0.332 e. The van der Waals surface area contributed by atoms with Gasteiger partial charge < -0.3 is 9.88 Å². The average Bonchev–Trinajstić information content (AvgIpc) is 3.23. The first kappa shape index (κ1) is 27.3. The molecule has 10 nitrogen and oxygen atoms in total. The molecule has 2 N–H and O–H groups in total. The van der Waals surface area contributed by atoms with Crippen LogP contribution in [-0.2, 0) is 23.1 Å². The van der Waals surface area contributed by atoms with E-state index in [4.69, 9.17) is 0 Å². The van der Waals surface area contributed by atoms with Crippen molar-refractivity contribution >= 4 is 33.6 Å². The summed E-state index contributed by atoms with van der Waals surface area (Å²) in [6, 6.07) is 6.15. The van der Waals surface area contributed by atoms with E-state index in [1.807, 2.05) is 19.0 Å². The Bertz CT molecular complexity index is 1390. The summed E-state index contributed by atoms with van der Waals surface area (Å²) < 4.78 is 30.0. The van der Waals surface area contributed by atoms with Crippen molar-refractivity contribution in [1.82, 2.24) is 28.7 Å². The molecule has 0 saturated heterocycles. The largest absolute Gasteiger partial charge is 0.333 e. The van der Waals surface area contributed by atoms with Crippen LogP contribution in [0.5, 0.6) is 0 Å². The molecule has 0 fully saturated rings. The molecule has 0 radical (unpaired) electrons. The molecule has 3 rings (SSSR count). The number of allylic oxidation sites excluding steroid dienone is 2. The molecule has 0 spiro atoms. The second-order valence-corrected chi connectivity index (χ2v) is 9.52. The van der Waals surface area contributed by atoms with Crippen molar-refractivity contribution in [1.29, 1.82) is 0 Å². The molecule has 0 aliphatic carbocycles. The molecule has 0 atom stereocenters. The standard InChI is InChI=1S/C22H28N6O4S.ClH/c1-5-13-27-20-18(21(29)28(14-6-2)22(27)30)24-19(25-20)16-8-10-17(11-9-16)33(31,32)23-12-7-15-26(3)4;/h5-6,8-11,23H,1-2,7,12-15H2,3-4H3,(H,24,25);1H. The van der Waals surface area contributed by atoms with Gasteiger partial charge in [-0.1, -0.05) is 12.2 Å². The van der Waals surface area contributed by atoms with Gasteiger partial charge in [0, 0.05) is 25.2 Å². The van der Waals surface area contributed by atoms with E-state index >= 15 is 0 Å². The predicted octanol–water partition coefficient (Wildman–Crippen LogP) is 1.58. The molecule has 0 amide bonds. The molecular weight excluding hydrogens is 480 g/mol. The van der Waals surface area contributed by atoms with Crippen LogP contribution >= 0.6 is 12.4 Å². The maximum Gasteiger partial charge on any atom is 0.333 e. The van der Waals surface area contributed by atoms with Crippen LogP contribution in [0.3, 0.4) is 0 Å². The summed E-state index contributed by atoms with van der Waals surface area (Å²) in [5, 5.41) is 0. The van der Waals surface area contributed by atoms with E-state index in [0.717, 1.165) is 11.1 Å². The van der Waals surface area contributed by atoms with Crippen LogP contribution in [0.4, 0.5) is 0 Å². The second kappa shape index (κ2) is 11.4. The topological polar surface area (TPSA) is 122 Å². The molecule has 2 heterocycles. The molecule has 1 aromatic carbocycles. The minimum atomic E-state index is -3.64. The van der Waals surface area contributed by atoms with Crippen LogP contribution in [0.25, 0.3) is 22.6 Å². The first-order chi connectivity index (χ1) is 15.7. The second-order valence-electron chi connectivity index (χ2n) is 7.75. The lowest BCUT2D eigenvalue weighted by atomic mass is 10.2. The summed E-state index contributed by atoms with van der Waals surface area (Å²) in [5.41, 5.74) is -0.0562. The fourth-order valence-corrected chi connectivity index (χ4v) is 4.44. The number of rotatable bonds is 11. The van der Waals surface area contributed by atoms with E-state index in [-0.39, 0.29) is 41.6 Å². The summed E-state index contributed by atoms with van der Waals surface area (Å²) >= 11 is 0. The highest BCUT2D eigenvalue weighted by atomic mass is 35.5. The Hall–Kier alpha value is -2.99. The Morgan fingerprint density at radius 1 is 1.09 bits per heavy atom. The molecule has 2 aromatic heterocycles. The highest BCUT2D eigenvalue weighted by Gasteiger charge is 2.18. The number of nitrogens with one attached hydrogen (secondary N) is 2. The molecule has 3 aromatic rings. The number of sulfonamides is 1. The van der Waals surface area contributed by atoms with Gasteiger partial charge >= 0.3 is 5.69 Å². The number of nitrogens with zero attached hydrogens (tertiary/aromatic N) is 4. The number of hydrogen-bond donors (Lipinski definition) is 2. The van der Waals surface area contributed by atoms with E-state index in [2.05, 4.69) is 27.8 Å². The summed E-state index contributed by atoms with van der Waals surface area (Å²) in [7, 11) is 0.216. The van der Waals surface area contributed by atoms with Gasteiger partial charge in [0.15, 0.2) is 5.65 Å². The molecular formula is C22H29ClN6O4S. The van der Waals surface area contributed by atoms with Crippen LogP contribution in [0.1, 0.15) is 6.42 Å². The Kier molecular flexibility index (Phi) is 9.16. The highest BCUT2D eigenvalue weighted by molar-refractivity contribution is 7.89. The first-order valence-electron chi connectivity index (χ1n) is 10.4. The number of imidazole rings is 1. The Morgan fingerprint density at radius 2 is 1.71 bits per heavy atom. The molecule has 34 heavy (non-hydrogen) atoms. The Labute approximate surface area is 204 Å². The van der Waals surface area contributed by atoms with Gasteiger partial charge in [-0.2, -0.15) is 0 Å². The van der Waals surface area contributed by atoms with Gasteiger partial charge in [0.1, 0.15) is 11.3 Å². The minimum absolute atomic E-state index is 0.